The maximum atomic E-state index is 11.9. The fraction of sp³-hybridized carbons (Fsp3) is 0.333. The van der Waals surface area contributed by atoms with Crippen molar-refractivity contribution in [1.29, 1.82) is 0 Å². The van der Waals surface area contributed by atoms with E-state index in [0.717, 1.165) is 49.4 Å². The lowest BCUT2D eigenvalue weighted by Crippen LogP contribution is -2.26. The number of anilines is 2. The van der Waals surface area contributed by atoms with E-state index >= 15 is 0 Å². The minimum absolute atomic E-state index is 0.0569. The molecule has 2 fully saturated rings. The maximum absolute atomic E-state index is 11.9. The van der Waals surface area contributed by atoms with E-state index in [-0.39, 0.29) is 5.91 Å². The number of benzene rings is 1. The van der Waals surface area contributed by atoms with E-state index in [4.69, 9.17) is 5.73 Å². The number of rotatable bonds is 6. The zero-order chi connectivity index (χ0) is 17.9. The highest BCUT2D eigenvalue weighted by molar-refractivity contribution is 5.91. The van der Waals surface area contributed by atoms with Gasteiger partial charge < -0.3 is 16.0 Å². The summed E-state index contributed by atoms with van der Waals surface area (Å²) in [5.41, 5.74) is 7.74. The lowest BCUT2D eigenvalue weighted by atomic mass is 10.2. The van der Waals surface area contributed by atoms with E-state index in [9.17, 15) is 4.79 Å². The van der Waals surface area contributed by atoms with Crippen molar-refractivity contribution < 1.29 is 4.79 Å². The second-order valence-corrected chi connectivity index (χ2v) is 7.16. The summed E-state index contributed by atoms with van der Waals surface area (Å²) in [4.78, 5) is 18.4. The lowest BCUT2D eigenvalue weighted by molar-refractivity contribution is -0.116. The molecular formula is C21H24N4O. The average Bonchev–Trinajstić information content (AvgIpc) is 3.11. The van der Waals surface area contributed by atoms with Crippen LogP contribution in [0.2, 0.25) is 0 Å². The van der Waals surface area contributed by atoms with Crippen LogP contribution in [0.3, 0.4) is 0 Å². The van der Waals surface area contributed by atoms with Crippen molar-refractivity contribution in [3.63, 3.8) is 0 Å². The summed E-state index contributed by atoms with van der Waals surface area (Å²) in [7, 11) is 0. The summed E-state index contributed by atoms with van der Waals surface area (Å²) >= 11 is 0. The molecule has 0 radical (unpaired) electrons. The van der Waals surface area contributed by atoms with Crippen LogP contribution in [0.1, 0.15) is 12.0 Å². The van der Waals surface area contributed by atoms with Crippen LogP contribution in [-0.4, -0.2) is 30.5 Å². The van der Waals surface area contributed by atoms with Crippen LogP contribution >= 0.6 is 0 Å². The largest absolute Gasteiger partial charge is 0.384 e. The molecule has 1 aromatic heterocycles. The monoisotopic (exact) mass is 348 g/mol. The smallest absolute Gasteiger partial charge is 0.244 e. The highest BCUT2D eigenvalue weighted by Gasteiger charge is 2.54. The number of nitrogens with one attached hydrogen (secondary N) is 1. The van der Waals surface area contributed by atoms with Crippen LogP contribution in [0.15, 0.2) is 54.7 Å². The Morgan fingerprint density at radius 1 is 1.19 bits per heavy atom. The molecule has 1 amide bonds. The standard InChI is InChI=1S/C21H24N4O/c22-20-8-6-15(12-24-20)7-9-21(26)23-11-10-17-18-13-25(14-19(17)18)16-4-2-1-3-5-16/h1-9,12,17-19H,10-11,13-14H2,(H2,22,24)(H,23,26)/b9-7+. The second kappa shape index (κ2) is 7.20. The Balaban J connectivity index is 1.17. The summed E-state index contributed by atoms with van der Waals surface area (Å²) in [5.74, 6) is 2.78. The van der Waals surface area contributed by atoms with Gasteiger partial charge in [-0.3, -0.25) is 4.79 Å². The Kier molecular flexibility index (Phi) is 4.61. The van der Waals surface area contributed by atoms with Crippen molar-refractivity contribution in [2.75, 3.05) is 30.3 Å². The number of nitrogens with zero attached hydrogens (tertiary/aromatic N) is 2. The van der Waals surface area contributed by atoms with Gasteiger partial charge in [0.1, 0.15) is 5.82 Å². The number of carbonyl (C=O) groups is 1. The second-order valence-electron chi connectivity index (χ2n) is 7.16. The molecule has 1 saturated carbocycles. The Labute approximate surface area is 153 Å². The number of nitrogens with two attached hydrogens (primary N) is 1. The number of nitrogen functional groups attached to an aromatic ring is 1. The summed E-state index contributed by atoms with van der Waals surface area (Å²) in [6, 6.07) is 14.2. The maximum Gasteiger partial charge on any atom is 0.244 e. The third-order valence-electron chi connectivity index (χ3n) is 5.51. The third kappa shape index (κ3) is 3.72. The predicted molar refractivity (Wildman–Crippen MR) is 104 cm³/mol. The first-order chi connectivity index (χ1) is 12.7. The molecule has 2 atom stereocenters. The lowest BCUT2D eigenvalue weighted by Gasteiger charge is -2.21. The van der Waals surface area contributed by atoms with Crippen molar-refractivity contribution >= 4 is 23.5 Å². The molecule has 2 aromatic rings. The highest BCUT2D eigenvalue weighted by Crippen LogP contribution is 2.54. The van der Waals surface area contributed by atoms with Crippen molar-refractivity contribution in [1.82, 2.24) is 10.3 Å². The number of hydrogen-bond acceptors (Lipinski definition) is 4. The molecule has 1 aromatic carbocycles. The molecule has 1 saturated heterocycles. The van der Waals surface area contributed by atoms with Crippen LogP contribution in [-0.2, 0) is 4.79 Å². The molecule has 5 heteroatoms. The number of amides is 1. The molecule has 2 unspecified atom stereocenters. The Morgan fingerprint density at radius 2 is 1.96 bits per heavy atom. The molecule has 134 valence electrons. The van der Waals surface area contributed by atoms with Crippen LogP contribution in [0.25, 0.3) is 6.08 Å². The predicted octanol–water partition coefficient (Wildman–Crippen LogP) is 2.57. The van der Waals surface area contributed by atoms with Crippen LogP contribution in [0.4, 0.5) is 11.5 Å². The van der Waals surface area contributed by atoms with E-state index in [2.05, 4.69) is 45.5 Å². The van der Waals surface area contributed by atoms with Gasteiger partial charge in [-0.1, -0.05) is 18.2 Å². The molecule has 4 rings (SSSR count). The van der Waals surface area contributed by atoms with E-state index in [1.807, 2.05) is 6.07 Å². The molecule has 1 aliphatic carbocycles. The minimum atomic E-state index is -0.0569. The topological polar surface area (TPSA) is 71.2 Å². The molecule has 0 bridgehead atoms. The highest BCUT2D eigenvalue weighted by atomic mass is 16.1. The van der Waals surface area contributed by atoms with Crippen LogP contribution in [0.5, 0.6) is 0 Å². The van der Waals surface area contributed by atoms with Gasteiger partial charge in [-0.15, -0.1) is 0 Å². The van der Waals surface area contributed by atoms with E-state index in [0.29, 0.717) is 5.82 Å². The number of carbonyl (C=O) groups excluding carboxylic acids is 1. The van der Waals surface area contributed by atoms with Gasteiger partial charge in [-0.25, -0.2) is 4.98 Å². The van der Waals surface area contributed by atoms with Crippen molar-refractivity contribution in [3.05, 3.63) is 60.3 Å². The first-order valence-electron chi connectivity index (χ1n) is 9.18. The number of hydrogen-bond donors (Lipinski definition) is 2. The van der Waals surface area contributed by atoms with Crippen LogP contribution in [0, 0.1) is 17.8 Å². The van der Waals surface area contributed by atoms with E-state index < -0.39 is 0 Å². The molecule has 26 heavy (non-hydrogen) atoms. The normalized spacial score (nSPS) is 23.8. The van der Waals surface area contributed by atoms with Crippen molar-refractivity contribution in [2.24, 2.45) is 17.8 Å². The molecule has 2 heterocycles. The van der Waals surface area contributed by atoms with Crippen LogP contribution < -0.4 is 16.0 Å². The quantitative estimate of drug-likeness (QED) is 0.787. The third-order valence-corrected chi connectivity index (χ3v) is 5.51. The number of pyridine rings is 1. The van der Waals surface area contributed by atoms with Gasteiger partial charge in [-0.05, 0) is 60.1 Å². The van der Waals surface area contributed by atoms with Gasteiger partial charge in [0, 0.05) is 37.6 Å². The Morgan fingerprint density at radius 3 is 2.65 bits per heavy atom. The fourth-order valence-corrected chi connectivity index (χ4v) is 4.04. The minimum Gasteiger partial charge on any atom is -0.384 e. The Bertz CT molecular complexity index is 775. The molecule has 0 spiro atoms. The van der Waals surface area contributed by atoms with Gasteiger partial charge in [0.15, 0.2) is 0 Å². The zero-order valence-electron chi connectivity index (χ0n) is 14.7. The number of aromatic nitrogens is 1. The summed E-state index contributed by atoms with van der Waals surface area (Å²) < 4.78 is 0. The average molecular weight is 348 g/mol. The Hall–Kier alpha value is -2.82. The SMILES string of the molecule is Nc1ccc(/C=C/C(=O)NCCC2C3CN(c4ccccc4)CC23)cn1. The summed E-state index contributed by atoms with van der Waals surface area (Å²) in [5, 5.41) is 2.98. The molecule has 2 aliphatic rings. The van der Waals surface area contributed by atoms with Gasteiger partial charge in [0.25, 0.3) is 0 Å². The van der Waals surface area contributed by atoms with Gasteiger partial charge in [0.2, 0.25) is 5.91 Å². The van der Waals surface area contributed by atoms with E-state index in [1.54, 1.807) is 24.4 Å². The van der Waals surface area contributed by atoms with Gasteiger partial charge in [-0.2, -0.15) is 0 Å². The fourth-order valence-electron chi connectivity index (χ4n) is 4.04. The summed E-state index contributed by atoms with van der Waals surface area (Å²) in [6.07, 6.45) is 6.04. The van der Waals surface area contributed by atoms with Crippen molar-refractivity contribution in [2.45, 2.75) is 6.42 Å². The van der Waals surface area contributed by atoms with Gasteiger partial charge in [0.05, 0.1) is 0 Å². The first-order valence-corrected chi connectivity index (χ1v) is 9.18. The molecule has 3 N–H and O–H groups in total. The number of para-hydroxylation sites is 1. The summed E-state index contributed by atoms with van der Waals surface area (Å²) in [6.45, 7) is 3.04. The zero-order valence-corrected chi connectivity index (χ0v) is 14.7. The number of piperidine rings is 1. The first kappa shape index (κ1) is 16.6. The van der Waals surface area contributed by atoms with Gasteiger partial charge >= 0.3 is 0 Å². The molecular weight excluding hydrogens is 324 g/mol. The van der Waals surface area contributed by atoms with E-state index in [1.165, 1.54) is 5.69 Å². The molecule has 5 nitrogen and oxygen atoms in total. The number of fused-ring (bicyclic) bond motifs is 1. The van der Waals surface area contributed by atoms with Crippen molar-refractivity contribution in [3.8, 4) is 0 Å². The molecule has 1 aliphatic heterocycles.